The van der Waals surface area contributed by atoms with Crippen molar-refractivity contribution in [1.82, 2.24) is 24.5 Å². The highest BCUT2D eigenvalue weighted by Crippen LogP contribution is 2.09. The largest absolute Gasteiger partial charge is 0.393 e. The number of aromatic nitrogens is 5. The molecule has 1 unspecified atom stereocenters. The second kappa shape index (κ2) is 6.80. The standard InChI is InChI=1S/C12H19N7O/c1-3-14-10-16-11(15-5-4-9(2)20)18-12(17-10)19-7-6-13-8-19/h6-9,20H,3-5H2,1-2H3,(H2,14,15,16,17,18). The molecule has 0 amide bonds. The van der Waals surface area contributed by atoms with E-state index < -0.39 is 0 Å². The zero-order valence-corrected chi connectivity index (χ0v) is 11.6. The summed E-state index contributed by atoms with van der Waals surface area (Å²) in [6.45, 7) is 5.04. The lowest BCUT2D eigenvalue weighted by atomic mass is 10.3. The van der Waals surface area contributed by atoms with Gasteiger partial charge in [-0.3, -0.25) is 4.57 Å². The molecule has 0 spiro atoms. The van der Waals surface area contributed by atoms with Gasteiger partial charge >= 0.3 is 0 Å². The number of rotatable bonds is 7. The van der Waals surface area contributed by atoms with Gasteiger partial charge in [0.05, 0.1) is 6.10 Å². The fourth-order valence-corrected chi connectivity index (χ4v) is 1.57. The molecule has 8 heteroatoms. The van der Waals surface area contributed by atoms with E-state index in [4.69, 9.17) is 0 Å². The molecule has 0 saturated carbocycles. The molecule has 2 aromatic heterocycles. The van der Waals surface area contributed by atoms with E-state index in [1.807, 2.05) is 6.92 Å². The van der Waals surface area contributed by atoms with Gasteiger partial charge in [0.2, 0.25) is 17.8 Å². The Bertz CT molecular complexity index is 527. The maximum atomic E-state index is 9.26. The minimum Gasteiger partial charge on any atom is -0.393 e. The molecule has 0 radical (unpaired) electrons. The van der Waals surface area contributed by atoms with Crippen LogP contribution in [-0.4, -0.2) is 48.8 Å². The van der Waals surface area contributed by atoms with Crippen LogP contribution in [0.5, 0.6) is 0 Å². The third kappa shape index (κ3) is 3.89. The number of aliphatic hydroxyl groups is 1. The minimum absolute atomic E-state index is 0.356. The van der Waals surface area contributed by atoms with Crippen LogP contribution < -0.4 is 10.6 Å². The van der Waals surface area contributed by atoms with E-state index in [-0.39, 0.29) is 6.10 Å². The normalized spacial score (nSPS) is 12.2. The zero-order valence-electron chi connectivity index (χ0n) is 11.6. The summed E-state index contributed by atoms with van der Waals surface area (Å²) >= 11 is 0. The molecule has 0 fully saturated rings. The Morgan fingerprint density at radius 2 is 2.00 bits per heavy atom. The predicted octanol–water partition coefficient (Wildman–Crippen LogP) is 0.672. The van der Waals surface area contributed by atoms with E-state index >= 15 is 0 Å². The molecule has 2 rings (SSSR count). The Kier molecular flexibility index (Phi) is 4.83. The van der Waals surface area contributed by atoms with Crippen molar-refractivity contribution in [2.24, 2.45) is 0 Å². The Balaban J connectivity index is 2.17. The quantitative estimate of drug-likeness (QED) is 0.683. The maximum absolute atomic E-state index is 9.26. The lowest BCUT2D eigenvalue weighted by Crippen LogP contribution is -2.15. The van der Waals surface area contributed by atoms with Crippen molar-refractivity contribution in [1.29, 1.82) is 0 Å². The van der Waals surface area contributed by atoms with Crippen molar-refractivity contribution in [3.8, 4) is 5.95 Å². The number of aliphatic hydroxyl groups excluding tert-OH is 1. The molecule has 0 saturated heterocycles. The molecule has 108 valence electrons. The molecular formula is C12H19N7O. The molecule has 8 nitrogen and oxygen atoms in total. The van der Waals surface area contributed by atoms with Crippen LogP contribution in [0.3, 0.4) is 0 Å². The van der Waals surface area contributed by atoms with Gasteiger partial charge in [0.15, 0.2) is 0 Å². The van der Waals surface area contributed by atoms with Gasteiger partial charge in [-0.2, -0.15) is 15.0 Å². The second-order valence-corrected chi connectivity index (χ2v) is 4.35. The van der Waals surface area contributed by atoms with Gasteiger partial charge in [0, 0.05) is 25.5 Å². The number of anilines is 2. The van der Waals surface area contributed by atoms with Crippen LogP contribution in [0.1, 0.15) is 20.3 Å². The molecule has 0 aromatic carbocycles. The van der Waals surface area contributed by atoms with Crippen molar-refractivity contribution in [3.05, 3.63) is 18.7 Å². The van der Waals surface area contributed by atoms with Crippen LogP contribution in [0.2, 0.25) is 0 Å². The van der Waals surface area contributed by atoms with E-state index in [0.29, 0.717) is 30.8 Å². The molecule has 0 aliphatic heterocycles. The van der Waals surface area contributed by atoms with E-state index in [1.54, 1.807) is 30.2 Å². The number of hydrogen-bond donors (Lipinski definition) is 3. The van der Waals surface area contributed by atoms with Crippen LogP contribution >= 0.6 is 0 Å². The van der Waals surface area contributed by atoms with Crippen molar-refractivity contribution < 1.29 is 5.11 Å². The highest BCUT2D eigenvalue weighted by molar-refractivity contribution is 5.37. The van der Waals surface area contributed by atoms with Gasteiger partial charge in [-0.15, -0.1) is 0 Å². The first-order valence-corrected chi connectivity index (χ1v) is 6.59. The number of hydrogen-bond acceptors (Lipinski definition) is 7. The van der Waals surface area contributed by atoms with E-state index in [0.717, 1.165) is 6.54 Å². The number of nitrogens with one attached hydrogen (secondary N) is 2. The van der Waals surface area contributed by atoms with Gasteiger partial charge in [-0.05, 0) is 20.3 Å². The SMILES string of the molecule is CCNc1nc(NCCC(C)O)nc(-n2ccnc2)n1. The molecule has 2 aromatic rings. The summed E-state index contributed by atoms with van der Waals surface area (Å²) in [6, 6.07) is 0. The van der Waals surface area contributed by atoms with Crippen LogP contribution in [-0.2, 0) is 0 Å². The molecule has 1 atom stereocenters. The number of nitrogens with zero attached hydrogens (tertiary/aromatic N) is 5. The first kappa shape index (κ1) is 14.2. The Labute approximate surface area is 117 Å². The van der Waals surface area contributed by atoms with Crippen LogP contribution in [0, 0.1) is 0 Å². The highest BCUT2D eigenvalue weighted by Gasteiger charge is 2.07. The zero-order chi connectivity index (χ0) is 14.4. The summed E-state index contributed by atoms with van der Waals surface area (Å²) in [6.07, 6.45) is 5.33. The molecule has 2 heterocycles. The Morgan fingerprint density at radius 3 is 2.60 bits per heavy atom. The lowest BCUT2D eigenvalue weighted by molar-refractivity contribution is 0.188. The monoisotopic (exact) mass is 277 g/mol. The second-order valence-electron chi connectivity index (χ2n) is 4.35. The summed E-state index contributed by atoms with van der Waals surface area (Å²) in [5.74, 6) is 1.47. The Morgan fingerprint density at radius 1 is 1.25 bits per heavy atom. The molecule has 0 aliphatic carbocycles. The van der Waals surface area contributed by atoms with Gasteiger partial charge in [0.1, 0.15) is 6.33 Å². The summed E-state index contributed by atoms with van der Waals surface area (Å²) in [7, 11) is 0. The minimum atomic E-state index is -0.356. The fraction of sp³-hybridized carbons (Fsp3) is 0.500. The molecule has 3 N–H and O–H groups in total. The van der Waals surface area contributed by atoms with E-state index in [1.165, 1.54) is 0 Å². The van der Waals surface area contributed by atoms with Crippen molar-refractivity contribution in [3.63, 3.8) is 0 Å². The first-order chi connectivity index (χ1) is 9.69. The summed E-state index contributed by atoms with van der Waals surface area (Å²) in [4.78, 5) is 16.9. The average molecular weight is 277 g/mol. The molecule has 0 bridgehead atoms. The Hall–Kier alpha value is -2.22. The average Bonchev–Trinajstić information content (AvgIpc) is 2.92. The van der Waals surface area contributed by atoms with Crippen molar-refractivity contribution in [2.75, 3.05) is 23.7 Å². The third-order valence-electron chi connectivity index (χ3n) is 2.54. The van der Waals surface area contributed by atoms with Gasteiger partial charge < -0.3 is 15.7 Å². The molecule has 20 heavy (non-hydrogen) atoms. The van der Waals surface area contributed by atoms with E-state index in [9.17, 15) is 5.11 Å². The maximum Gasteiger partial charge on any atom is 0.241 e. The van der Waals surface area contributed by atoms with Crippen LogP contribution in [0.15, 0.2) is 18.7 Å². The van der Waals surface area contributed by atoms with Crippen molar-refractivity contribution >= 4 is 11.9 Å². The predicted molar refractivity (Wildman–Crippen MR) is 75.9 cm³/mol. The smallest absolute Gasteiger partial charge is 0.241 e. The van der Waals surface area contributed by atoms with Crippen molar-refractivity contribution in [2.45, 2.75) is 26.4 Å². The molecule has 0 aliphatic rings. The number of imidazole rings is 1. The van der Waals surface area contributed by atoms with Gasteiger partial charge in [-0.25, -0.2) is 4.98 Å². The summed E-state index contributed by atoms with van der Waals surface area (Å²) in [5.41, 5.74) is 0. The summed E-state index contributed by atoms with van der Waals surface area (Å²) in [5, 5.41) is 15.4. The third-order valence-corrected chi connectivity index (χ3v) is 2.54. The topological polar surface area (TPSA) is 101 Å². The van der Waals surface area contributed by atoms with Crippen LogP contribution in [0.4, 0.5) is 11.9 Å². The van der Waals surface area contributed by atoms with E-state index in [2.05, 4.69) is 30.6 Å². The fourth-order valence-electron chi connectivity index (χ4n) is 1.57. The lowest BCUT2D eigenvalue weighted by Gasteiger charge is -2.10. The van der Waals surface area contributed by atoms with Gasteiger partial charge in [0.25, 0.3) is 0 Å². The van der Waals surface area contributed by atoms with Gasteiger partial charge in [-0.1, -0.05) is 0 Å². The van der Waals surface area contributed by atoms with Crippen LogP contribution in [0.25, 0.3) is 5.95 Å². The first-order valence-electron chi connectivity index (χ1n) is 6.59. The summed E-state index contributed by atoms with van der Waals surface area (Å²) < 4.78 is 1.71. The highest BCUT2D eigenvalue weighted by atomic mass is 16.3. The molecular weight excluding hydrogens is 258 g/mol.